The predicted octanol–water partition coefficient (Wildman–Crippen LogP) is 0.710. The third kappa shape index (κ3) is 2.86. The number of aliphatic hydroxyl groups excluding tert-OH is 3. The van der Waals surface area contributed by atoms with Crippen LogP contribution < -0.4 is 4.74 Å². The lowest BCUT2D eigenvalue weighted by atomic mass is 10.0. The molecule has 3 N–H and O–H groups in total. The molecule has 1 aliphatic rings. The largest absolute Gasteiger partial charge is 0.496 e. The first-order chi connectivity index (χ1) is 9.58. The summed E-state index contributed by atoms with van der Waals surface area (Å²) in [5, 5.41) is 28.9. The fourth-order valence-corrected chi connectivity index (χ4v) is 2.34. The zero-order valence-corrected chi connectivity index (χ0v) is 11.6. The Hall–Kier alpha value is -1.40. The van der Waals surface area contributed by atoms with Crippen molar-refractivity contribution < 1.29 is 24.8 Å². The molecule has 0 aromatic heterocycles. The molecule has 1 fully saturated rings. The number of aliphatic hydroxyl groups is 3. The highest BCUT2D eigenvalue weighted by Crippen LogP contribution is 2.26. The molecule has 0 saturated carbocycles. The number of rotatable bonds is 4. The Labute approximate surface area is 118 Å². The van der Waals surface area contributed by atoms with Crippen LogP contribution in [-0.2, 0) is 11.3 Å². The van der Waals surface area contributed by atoms with Gasteiger partial charge in [-0.15, -0.1) is 0 Å². The van der Waals surface area contributed by atoms with Gasteiger partial charge in [-0.25, -0.2) is 0 Å². The Morgan fingerprint density at radius 2 is 2.05 bits per heavy atom. The summed E-state index contributed by atoms with van der Waals surface area (Å²) >= 11 is 0. The summed E-state index contributed by atoms with van der Waals surface area (Å²) in [6.07, 6.45) is 0.662. The van der Waals surface area contributed by atoms with Gasteiger partial charge in [0.15, 0.2) is 0 Å². The minimum Gasteiger partial charge on any atom is -0.496 e. The van der Waals surface area contributed by atoms with Crippen LogP contribution in [0.3, 0.4) is 0 Å². The minimum atomic E-state index is -0.940. The van der Waals surface area contributed by atoms with Gasteiger partial charge in [0.2, 0.25) is 0 Å². The molecule has 1 aromatic carbocycles. The van der Waals surface area contributed by atoms with Gasteiger partial charge in [-0.3, -0.25) is 0 Å². The second-order valence-electron chi connectivity index (χ2n) is 4.83. The Kier molecular flexibility index (Phi) is 4.77. The molecule has 4 atom stereocenters. The van der Waals surface area contributed by atoms with Crippen LogP contribution in [0.2, 0.25) is 0 Å². The topological polar surface area (TPSA) is 79.2 Å². The zero-order valence-electron chi connectivity index (χ0n) is 11.6. The normalized spacial score (nSPS) is 30.1. The monoisotopic (exact) mass is 280 g/mol. The van der Waals surface area contributed by atoms with Gasteiger partial charge < -0.3 is 24.8 Å². The summed E-state index contributed by atoms with van der Waals surface area (Å²) in [6, 6.07) is 5.43. The van der Waals surface area contributed by atoms with Gasteiger partial charge in [-0.05, 0) is 18.6 Å². The third-order valence-corrected chi connectivity index (χ3v) is 3.55. The summed E-state index contributed by atoms with van der Waals surface area (Å²) in [5.41, 5.74) is 1.46. The van der Waals surface area contributed by atoms with Crippen molar-refractivity contribution in [2.45, 2.75) is 37.9 Å². The van der Waals surface area contributed by atoms with Gasteiger partial charge in [-0.2, -0.15) is 0 Å². The number of benzene rings is 1. The number of ether oxygens (including phenoxy) is 2. The highest BCUT2D eigenvalue weighted by molar-refractivity contribution is 5.58. The predicted molar refractivity (Wildman–Crippen MR) is 74.3 cm³/mol. The molecule has 0 aliphatic carbocycles. The van der Waals surface area contributed by atoms with E-state index in [4.69, 9.17) is 9.47 Å². The highest BCUT2D eigenvalue weighted by atomic mass is 16.5. The second-order valence-corrected chi connectivity index (χ2v) is 4.83. The molecule has 0 radical (unpaired) electrons. The van der Waals surface area contributed by atoms with E-state index in [2.05, 4.69) is 0 Å². The van der Waals surface area contributed by atoms with Crippen LogP contribution in [0.1, 0.15) is 18.1 Å². The maximum absolute atomic E-state index is 9.83. The molecule has 20 heavy (non-hydrogen) atoms. The van der Waals surface area contributed by atoms with Crippen LogP contribution >= 0.6 is 0 Å². The first-order valence-electron chi connectivity index (χ1n) is 6.55. The van der Waals surface area contributed by atoms with Gasteiger partial charge in [0.25, 0.3) is 0 Å². The summed E-state index contributed by atoms with van der Waals surface area (Å²) in [6.45, 7) is 1.57. The van der Waals surface area contributed by atoms with E-state index in [-0.39, 0.29) is 6.61 Å². The molecule has 2 rings (SSSR count). The maximum Gasteiger partial charge on any atom is 0.124 e. The average molecular weight is 280 g/mol. The lowest BCUT2D eigenvalue weighted by molar-refractivity contribution is 0.0316. The quantitative estimate of drug-likeness (QED) is 0.757. The zero-order chi connectivity index (χ0) is 14.7. The van der Waals surface area contributed by atoms with Crippen molar-refractivity contribution >= 4 is 6.08 Å². The van der Waals surface area contributed by atoms with Gasteiger partial charge in [-0.1, -0.05) is 24.3 Å². The maximum atomic E-state index is 9.83. The Morgan fingerprint density at radius 1 is 1.30 bits per heavy atom. The number of hydrogen-bond donors (Lipinski definition) is 3. The van der Waals surface area contributed by atoms with Crippen molar-refractivity contribution in [1.29, 1.82) is 0 Å². The first-order valence-corrected chi connectivity index (χ1v) is 6.55. The highest BCUT2D eigenvalue weighted by Gasteiger charge is 2.38. The molecule has 1 saturated heterocycles. The molecule has 0 unspecified atom stereocenters. The Balaban J connectivity index is 2.20. The molecule has 0 amide bonds. The Bertz CT molecular complexity index is 485. The van der Waals surface area contributed by atoms with E-state index in [1.54, 1.807) is 32.3 Å². The van der Waals surface area contributed by atoms with E-state index < -0.39 is 24.4 Å². The Morgan fingerprint density at radius 3 is 2.60 bits per heavy atom. The van der Waals surface area contributed by atoms with Crippen LogP contribution in [0.15, 0.2) is 24.3 Å². The van der Waals surface area contributed by atoms with Crippen molar-refractivity contribution in [3.63, 3.8) is 0 Å². The molecule has 110 valence electrons. The fraction of sp³-hybridized carbons (Fsp3) is 0.467. The summed E-state index contributed by atoms with van der Waals surface area (Å²) in [4.78, 5) is 0. The molecule has 5 heteroatoms. The average Bonchev–Trinajstić information content (AvgIpc) is 2.71. The van der Waals surface area contributed by atoms with Crippen molar-refractivity contribution in [2.24, 2.45) is 0 Å². The van der Waals surface area contributed by atoms with E-state index >= 15 is 0 Å². The number of hydrogen-bond acceptors (Lipinski definition) is 5. The molecule has 1 aromatic rings. The van der Waals surface area contributed by atoms with Crippen LogP contribution in [-0.4, -0.2) is 46.8 Å². The molecular formula is C15H20O5. The fourth-order valence-electron chi connectivity index (χ4n) is 2.34. The molecule has 0 spiro atoms. The van der Waals surface area contributed by atoms with Crippen LogP contribution in [0.4, 0.5) is 0 Å². The lowest BCUT2D eigenvalue weighted by Gasteiger charge is -2.12. The van der Waals surface area contributed by atoms with Crippen molar-refractivity contribution in [3.8, 4) is 5.75 Å². The van der Waals surface area contributed by atoms with E-state index in [9.17, 15) is 15.3 Å². The van der Waals surface area contributed by atoms with E-state index in [1.165, 1.54) is 0 Å². The first kappa shape index (κ1) is 15.0. The van der Waals surface area contributed by atoms with E-state index in [0.717, 1.165) is 5.56 Å². The molecule has 1 aliphatic heterocycles. The van der Waals surface area contributed by atoms with Crippen LogP contribution in [0.5, 0.6) is 5.75 Å². The molecular weight excluding hydrogens is 260 g/mol. The standard InChI is InChI=1S/C15H20O5/c1-9-14(17)15(18)13(20-9)7-6-10-4-3-5-12(19-2)11(10)8-16/h3-7,9,13-18H,8H2,1-2H3/b7-6+/t9-,13+,14+,15-/m0/s1. The SMILES string of the molecule is COc1cccc(/C=C/[C@H]2O[C@@H](C)[C@@H](O)[C@H]2O)c1CO. The summed E-state index contributed by atoms with van der Waals surface area (Å²) in [5.74, 6) is 0.607. The molecule has 0 bridgehead atoms. The third-order valence-electron chi connectivity index (χ3n) is 3.55. The van der Waals surface area contributed by atoms with E-state index in [0.29, 0.717) is 11.3 Å². The summed E-state index contributed by atoms with van der Waals surface area (Å²) in [7, 11) is 1.55. The van der Waals surface area contributed by atoms with Crippen molar-refractivity contribution in [2.75, 3.05) is 7.11 Å². The van der Waals surface area contributed by atoms with Crippen molar-refractivity contribution in [1.82, 2.24) is 0 Å². The van der Waals surface area contributed by atoms with Crippen LogP contribution in [0, 0.1) is 0 Å². The molecule has 1 heterocycles. The minimum absolute atomic E-state index is 0.142. The second kappa shape index (κ2) is 6.37. The smallest absolute Gasteiger partial charge is 0.124 e. The van der Waals surface area contributed by atoms with E-state index in [1.807, 2.05) is 12.1 Å². The lowest BCUT2D eigenvalue weighted by Crippen LogP contribution is -2.30. The van der Waals surface area contributed by atoms with Gasteiger partial charge in [0.1, 0.15) is 24.1 Å². The number of methoxy groups -OCH3 is 1. The molecule has 5 nitrogen and oxygen atoms in total. The van der Waals surface area contributed by atoms with Gasteiger partial charge in [0.05, 0.1) is 19.8 Å². The van der Waals surface area contributed by atoms with Gasteiger partial charge in [0, 0.05) is 5.56 Å². The summed E-state index contributed by atoms with van der Waals surface area (Å²) < 4.78 is 10.6. The van der Waals surface area contributed by atoms with Crippen LogP contribution in [0.25, 0.3) is 6.08 Å². The van der Waals surface area contributed by atoms with Crippen molar-refractivity contribution in [3.05, 3.63) is 35.4 Å². The van der Waals surface area contributed by atoms with Gasteiger partial charge >= 0.3 is 0 Å².